The standard InChI is InChI=1S/C24H25F3N4O3/c1-15(2)14-31-23(33)18-6-4-3-5-17(18)21(29-31)22(32)28-19-13-16(24(25,26)27)7-8-20(19)30-9-11-34-12-10-30/h3-8,13,15H,9-12,14H2,1-2H3,(H,28,32). The molecule has 0 bridgehead atoms. The van der Waals surface area contributed by atoms with Crippen LogP contribution in [0.25, 0.3) is 10.8 Å². The molecule has 1 aromatic heterocycles. The second kappa shape index (κ2) is 9.46. The second-order valence-electron chi connectivity index (χ2n) is 8.56. The summed E-state index contributed by atoms with van der Waals surface area (Å²) in [4.78, 5) is 28.1. The molecule has 2 aromatic carbocycles. The molecule has 1 N–H and O–H groups in total. The van der Waals surface area contributed by atoms with Gasteiger partial charge in [-0.2, -0.15) is 18.3 Å². The van der Waals surface area contributed by atoms with E-state index in [4.69, 9.17) is 4.74 Å². The molecule has 0 radical (unpaired) electrons. The van der Waals surface area contributed by atoms with Crippen LogP contribution in [0.3, 0.4) is 0 Å². The lowest BCUT2D eigenvalue weighted by atomic mass is 10.1. The number of hydrogen-bond acceptors (Lipinski definition) is 5. The van der Waals surface area contributed by atoms with E-state index in [2.05, 4.69) is 10.4 Å². The van der Waals surface area contributed by atoms with Crippen molar-refractivity contribution in [2.24, 2.45) is 5.92 Å². The molecule has 0 saturated carbocycles. The molecule has 7 nitrogen and oxygen atoms in total. The van der Waals surface area contributed by atoms with Crippen LogP contribution in [0.5, 0.6) is 0 Å². The molecule has 3 aromatic rings. The highest BCUT2D eigenvalue weighted by atomic mass is 19.4. The van der Waals surface area contributed by atoms with Gasteiger partial charge in [0.25, 0.3) is 11.5 Å². The van der Waals surface area contributed by atoms with E-state index in [1.807, 2.05) is 18.7 Å². The number of nitrogens with zero attached hydrogens (tertiary/aromatic N) is 3. The van der Waals surface area contributed by atoms with Crippen molar-refractivity contribution in [3.63, 3.8) is 0 Å². The van der Waals surface area contributed by atoms with Gasteiger partial charge in [-0.15, -0.1) is 0 Å². The number of aromatic nitrogens is 2. The summed E-state index contributed by atoms with van der Waals surface area (Å²) in [5.41, 5.74) is -0.740. The summed E-state index contributed by atoms with van der Waals surface area (Å²) in [6, 6.07) is 9.86. The van der Waals surface area contributed by atoms with Crippen molar-refractivity contribution in [2.45, 2.75) is 26.6 Å². The third kappa shape index (κ3) is 4.91. The van der Waals surface area contributed by atoms with Gasteiger partial charge in [0.15, 0.2) is 5.69 Å². The minimum absolute atomic E-state index is 0.0224. The number of ether oxygens (including phenoxy) is 1. The van der Waals surface area contributed by atoms with E-state index in [-0.39, 0.29) is 22.9 Å². The highest BCUT2D eigenvalue weighted by Gasteiger charge is 2.32. The average Bonchev–Trinajstić information content (AvgIpc) is 2.80. The van der Waals surface area contributed by atoms with Crippen LogP contribution < -0.4 is 15.8 Å². The van der Waals surface area contributed by atoms with Gasteiger partial charge >= 0.3 is 6.18 Å². The topological polar surface area (TPSA) is 76.5 Å². The highest BCUT2D eigenvalue weighted by molar-refractivity contribution is 6.12. The van der Waals surface area contributed by atoms with E-state index in [1.165, 1.54) is 10.7 Å². The van der Waals surface area contributed by atoms with E-state index in [1.54, 1.807) is 24.3 Å². The molecule has 1 fully saturated rings. The lowest BCUT2D eigenvalue weighted by molar-refractivity contribution is -0.137. The number of benzene rings is 2. The smallest absolute Gasteiger partial charge is 0.378 e. The first-order valence-corrected chi connectivity index (χ1v) is 11.0. The summed E-state index contributed by atoms with van der Waals surface area (Å²) in [5, 5.41) is 7.57. The number of rotatable bonds is 5. The van der Waals surface area contributed by atoms with Gasteiger partial charge < -0.3 is 15.0 Å². The summed E-state index contributed by atoms with van der Waals surface area (Å²) in [5.74, 6) is -0.596. The van der Waals surface area contributed by atoms with Gasteiger partial charge in [-0.3, -0.25) is 9.59 Å². The van der Waals surface area contributed by atoms with E-state index in [0.717, 1.165) is 12.1 Å². The van der Waals surface area contributed by atoms with E-state index in [0.29, 0.717) is 49.3 Å². The van der Waals surface area contributed by atoms with Crippen molar-refractivity contribution in [3.8, 4) is 0 Å². The highest BCUT2D eigenvalue weighted by Crippen LogP contribution is 2.36. The van der Waals surface area contributed by atoms with Crippen LogP contribution in [0, 0.1) is 5.92 Å². The minimum atomic E-state index is -4.57. The predicted molar refractivity (Wildman–Crippen MR) is 123 cm³/mol. The van der Waals surface area contributed by atoms with Crippen LogP contribution >= 0.6 is 0 Å². The Morgan fingerprint density at radius 3 is 2.44 bits per heavy atom. The summed E-state index contributed by atoms with van der Waals surface area (Å²) in [6.07, 6.45) is -4.57. The maximum Gasteiger partial charge on any atom is 0.416 e. The molecule has 0 unspecified atom stereocenters. The van der Waals surface area contributed by atoms with Gasteiger partial charge in [-0.05, 0) is 30.2 Å². The fourth-order valence-electron chi connectivity index (χ4n) is 3.95. The Morgan fingerprint density at radius 2 is 1.79 bits per heavy atom. The first-order chi connectivity index (χ1) is 16.1. The van der Waals surface area contributed by atoms with E-state index >= 15 is 0 Å². The summed E-state index contributed by atoms with van der Waals surface area (Å²) in [7, 11) is 0. The molecule has 34 heavy (non-hydrogen) atoms. The number of halogens is 3. The number of hydrogen-bond donors (Lipinski definition) is 1. The molecule has 4 rings (SSSR count). The number of amides is 1. The molecule has 0 atom stereocenters. The van der Waals surface area contributed by atoms with Crippen molar-refractivity contribution < 1.29 is 22.7 Å². The molecule has 1 saturated heterocycles. The zero-order chi connectivity index (χ0) is 24.5. The van der Waals surface area contributed by atoms with Crippen LogP contribution in [-0.4, -0.2) is 42.0 Å². The molecular formula is C24H25F3N4O3. The van der Waals surface area contributed by atoms with E-state index in [9.17, 15) is 22.8 Å². The molecule has 1 aliphatic rings. The normalized spacial score (nSPS) is 14.6. The number of carbonyl (C=O) groups excluding carboxylic acids is 1. The largest absolute Gasteiger partial charge is 0.416 e. The van der Waals surface area contributed by atoms with Crippen LogP contribution in [-0.2, 0) is 17.5 Å². The molecule has 1 amide bonds. The van der Waals surface area contributed by atoms with Crippen molar-refractivity contribution in [1.29, 1.82) is 0 Å². The molecule has 2 heterocycles. The summed E-state index contributed by atoms with van der Waals surface area (Å²) < 4.78 is 46.9. The van der Waals surface area contributed by atoms with E-state index < -0.39 is 17.6 Å². The monoisotopic (exact) mass is 474 g/mol. The predicted octanol–water partition coefficient (Wildman–Crippen LogP) is 4.16. The van der Waals surface area contributed by atoms with Crippen molar-refractivity contribution in [3.05, 3.63) is 64.1 Å². The van der Waals surface area contributed by atoms with Crippen LogP contribution in [0.1, 0.15) is 29.9 Å². The SMILES string of the molecule is CC(C)Cn1nc(C(=O)Nc2cc(C(F)(F)F)ccc2N2CCOCC2)c2ccccc2c1=O. The molecule has 10 heteroatoms. The Labute approximate surface area is 194 Å². The zero-order valence-electron chi connectivity index (χ0n) is 18.9. The molecular weight excluding hydrogens is 449 g/mol. The van der Waals surface area contributed by atoms with Crippen LogP contribution in [0.15, 0.2) is 47.3 Å². The van der Waals surface area contributed by atoms with Gasteiger partial charge in [0.1, 0.15) is 0 Å². The summed E-state index contributed by atoms with van der Waals surface area (Å²) >= 11 is 0. The molecule has 0 spiro atoms. The lowest BCUT2D eigenvalue weighted by Crippen LogP contribution is -2.37. The first-order valence-electron chi connectivity index (χ1n) is 11.0. The van der Waals surface area contributed by atoms with Crippen molar-refractivity contribution in [2.75, 3.05) is 36.5 Å². The number of carbonyl (C=O) groups is 1. The maximum atomic E-state index is 13.4. The van der Waals surface area contributed by atoms with Crippen LogP contribution in [0.2, 0.25) is 0 Å². The van der Waals surface area contributed by atoms with Crippen molar-refractivity contribution >= 4 is 28.1 Å². The third-order valence-electron chi connectivity index (χ3n) is 5.54. The van der Waals surface area contributed by atoms with Crippen molar-refractivity contribution in [1.82, 2.24) is 9.78 Å². The lowest BCUT2D eigenvalue weighted by Gasteiger charge is -2.31. The Kier molecular flexibility index (Phi) is 6.60. The Morgan fingerprint density at radius 1 is 1.12 bits per heavy atom. The maximum absolute atomic E-state index is 13.4. The second-order valence-corrected chi connectivity index (χ2v) is 8.56. The van der Waals surface area contributed by atoms with Gasteiger partial charge in [0.05, 0.1) is 35.5 Å². The average molecular weight is 474 g/mol. The molecule has 180 valence electrons. The third-order valence-corrected chi connectivity index (χ3v) is 5.54. The number of morpholine rings is 1. The zero-order valence-corrected chi connectivity index (χ0v) is 18.9. The Bertz CT molecular complexity index is 1260. The van der Waals surface area contributed by atoms with Gasteiger partial charge in [-0.25, -0.2) is 4.68 Å². The van der Waals surface area contributed by atoms with Gasteiger partial charge in [-0.1, -0.05) is 32.0 Å². The quantitative estimate of drug-likeness (QED) is 0.601. The Hall–Kier alpha value is -3.40. The van der Waals surface area contributed by atoms with Gasteiger partial charge in [0.2, 0.25) is 0 Å². The fourth-order valence-corrected chi connectivity index (χ4v) is 3.95. The van der Waals surface area contributed by atoms with Crippen LogP contribution in [0.4, 0.5) is 24.5 Å². The summed E-state index contributed by atoms with van der Waals surface area (Å²) in [6.45, 7) is 5.96. The molecule has 1 aliphatic heterocycles. The fraction of sp³-hybridized carbons (Fsp3) is 0.375. The first kappa shape index (κ1) is 23.7. The van der Waals surface area contributed by atoms with Gasteiger partial charge in [0, 0.05) is 25.0 Å². The number of anilines is 2. The number of nitrogens with one attached hydrogen (secondary N) is 1. The minimum Gasteiger partial charge on any atom is -0.378 e. The molecule has 0 aliphatic carbocycles. The Balaban J connectivity index is 1.79. The number of alkyl halides is 3. The number of fused-ring (bicyclic) bond motifs is 1.